The summed E-state index contributed by atoms with van der Waals surface area (Å²) >= 11 is 0. The van der Waals surface area contributed by atoms with Crippen LogP contribution in [0.4, 0.5) is 13.2 Å². The normalized spacial score (nSPS) is 16.7. The van der Waals surface area contributed by atoms with Gasteiger partial charge in [0.05, 0.1) is 5.69 Å². The molecule has 2 amide bonds. The molecule has 2 aromatic rings. The van der Waals surface area contributed by atoms with E-state index in [-0.39, 0.29) is 35.8 Å². The van der Waals surface area contributed by atoms with Gasteiger partial charge in [-0.2, -0.15) is 18.3 Å². The third kappa shape index (κ3) is 7.53. The van der Waals surface area contributed by atoms with Crippen molar-refractivity contribution in [2.45, 2.75) is 32.4 Å². The lowest BCUT2D eigenvalue weighted by Crippen LogP contribution is -2.33. The first-order chi connectivity index (χ1) is 17.2. The molecule has 3 rings (SSSR count). The highest BCUT2D eigenvalue weighted by Gasteiger charge is 2.37. The maximum Gasteiger partial charge on any atom is 0.433 e. The quantitative estimate of drug-likeness (QED) is 0.385. The van der Waals surface area contributed by atoms with Gasteiger partial charge in [-0.1, -0.05) is 6.08 Å². The fourth-order valence-electron chi connectivity index (χ4n) is 3.79. The van der Waals surface area contributed by atoms with Gasteiger partial charge in [-0.15, -0.1) is 12.8 Å². The molecule has 1 aliphatic rings. The number of rotatable bonds is 5. The maximum atomic E-state index is 13.6. The Kier molecular flexibility index (Phi) is 10.4. The number of alkyl halides is 3. The highest BCUT2D eigenvalue weighted by atomic mass is 19.4. The molecule has 1 atom stereocenters. The molecule has 8 nitrogen and oxygen atoms in total. The van der Waals surface area contributed by atoms with Crippen LogP contribution >= 0.6 is 0 Å². The number of carbonyl (C=O) groups is 2. The molecule has 1 N–H and O–H groups in total. The summed E-state index contributed by atoms with van der Waals surface area (Å²) < 4.78 is 41.7. The minimum Gasteiger partial charge on any atom is -0.352 e. The van der Waals surface area contributed by atoms with Crippen LogP contribution in [0.1, 0.15) is 31.9 Å². The number of halogens is 3. The number of nitrogens with one attached hydrogen (secondary N) is 1. The van der Waals surface area contributed by atoms with Crippen molar-refractivity contribution in [2.75, 3.05) is 26.7 Å². The van der Waals surface area contributed by atoms with Crippen LogP contribution in [0.15, 0.2) is 47.7 Å². The van der Waals surface area contributed by atoms with Crippen molar-refractivity contribution in [2.24, 2.45) is 10.9 Å². The first-order valence-electron chi connectivity index (χ1n) is 11.3. The SMILES string of the molecule is C#C.CN=C(/C=C\CNC(=O)C1CCCN(C(C)=O)CC1)n1nc(-c2cccnc2)cc1C(F)(F)F. The second-order valence-corrected chi connectivity index (χ2v) is 7.93. The van der Waals surface area contributed by atoms with Gasteiger partial charge in [-0.25, -0.2) is 4.68 Å². The lowest BCUT2D eigenvalue weighted by molar-refractivity contribution is -0.142. The van der Waals surface area contributed by atoms with Gasteiger partial charge in [0.15, 0.2) is 5.69 Å². The van der Waals surface area contributed by atoms with Crippen LogP contribution in [0.25, 0.3) is 11.3 Å². The first-order valence-corrected chi connectivity index (χ1v) is 11.3. The standard InChI is InChI=1S/C23H27F3N6O2.C2H2/c1-16(33)31-12-5-7-17(9-13-31)22(34)29-11-4-8-21(27-2)32-20(23(24,25)26)14-19(30-32)18-6-3-10-28-15-18;1-2/h3-4,6,8,10,14-15,17H,5,7,9,11-13H2,1-2H3,(H,29,34);1-2H/b8-4-,27-21?;. The largest absolute Gasteiger partial charge is 0.433 e. The van der Waals surface area contributed by atoms with Crippen molar-refractivity contribution in [1.29, 1.82) is 0 Å². The predicted octanol–water partition coefficient (Wildman–Crippen LogP) is 3.41. The molecule has 36 heavy (non-hydrogen) atoms. The number of amides is 2. The van der Waals surface area contributed by atoms with E-state index in [0.29, 0.717) is 31.5 Å². The van der Waals surface area contributed by atoms with Gasteiger partial charge in [0.1, 0.15) is 5.84 Å². The van der Waals surface area contributed by atoms with Crippen LogP contribution in [-0.2, 0) is 15.8 Å². The van der Waals surface area contributed by atoms with E-state index in [1.54, 1.807) is 17.0 Å². The molecule has 1 unspecified atom stereocenters. The van der Waals surface area contributed by atoms with Gasteiger partial charge >= 0.3 is 6.18 Å². The zero-order chi connectivity index (χ0) is 26.7. The molecule has 3 heterocycles. The van der Waals surface area contributed by atoms with E-state index in [2.05, 4.69) is 33.2 Å². The van der Waals surface area contributed by atoms with Gasteiger partial charge in [-0.05, 0) is 43.5 Å². The summed E-state index contributed by atoms with van der Waals surface area (Å²) in [6.07, 6.45) is 11.2. The number of likely N-dealkylation sites (tertiary alicyclic amines) is 1. The summed E-state index contributed by atoms with van der Waals surface area (Å²) in [6, 6.07) is 4.19. The number of allylic oxidation sites excluding steroid dienone is 1. The minimum absolute atomic E-state index is 0.00101. The molecule has 1 saturated heterocycles. The number of terminal acetylenes is 1. The third-order valence-corrected chi connectivity index (χ3v) is 5.61. The topological polar surface area (TPSA) is 92.5 Å². The third-order valence-electron chi connectivity index (χ3n) is 5.61. The predicted molar refractivity (Wildman–Crippen MR) is 131 cm³/mol. The first kappa shape index (κ1) is 28.3. The number of hydrogen-bond donors (Lipinski definition) is 1. The summed E-state index contributed by atoms with van der Waals surface area (Å²) in [5.74, 6) is -0.372. The van der Waals surface area contributed by atoms with E-state index in [1.807, 2.05) is 0 Å². The number of pyridine rings is 1. The Labute approximate surface area is 208 Å². The van der Waals surface area contributed by atoms with Crippen LogP contribution in [0.3, 0.4) is 0 Å². The zero-order valence-corrected chi connectivity index (χ0v) is 20.2. The van der Waals surface area contributed by atoms with Crippen LogP contribution in [0.5, 0.6) is 0 Å². The molecular formula is C25H29F3N6O2. The number of carbonyl (C=O) groups excluding carboxylic acids is 2. The van der Waals surface area contributed by atoms with E-state index in [9.17, 15) is 22.8 Å². The number of nitrogens with zero attached hydrogens (tertiary/aromatic N) is 5. The highest BCUT2D eigenvalue weighted by Crippen LogP contribution is 2.32. The molecule has 0 radical (unpaired) electrons. The summed E-state index contributed by atoms with van der Waals surface area (Å²) in [7, 11) is 1.37. The van der Waals surface area contributed by atoms with Crippen LogP contribution in [0, 0.1) is 18.8 Å². The van der Waals surface area contributed by atoms with Crippen molar-refractivity contribution < 1.29 is 22.8 Å². The Balaban J connectivity index is 0.00000222. The summed E-state index contributed by atoms with van der Waals surface area (Å²) in [5.41, 5.74) is -0.393. The lowest BCUT2D eigenvalue weighted by Gasteiger charge is -2.18. The Bertz CT molecular complexity index is 1110. The van der Waals surface area contributed by atoms with E-state index in [0.717, 1.165) is 17.2 Å². The maximum absolute atomic E-state index is 13.6. The van der Waals surface area contributed by atoms with Gasteiger partial charge in [-0.3, -0.25) is 19.6 Å². The van der Waals surface area contributed by atoms with Crippen molar-refractivity contribution in [3.63, 3.8) is 0 Å². The molecule has 1 fully saturated rings. The summed E-state index contributed by atoms with van der Waals surface area (Å²) in [6.45, 7) is 2.82. The average Bonchev–Trinajstić information content (AvgIpc) is 3.17. The van der Waals surface area contributed by atoms with E-state index >= 15 is 0 Å². The van der Waals surface area contributed by atoms with Crippen molar-refractivity contribution in [3.05, 3.63) is 48.4 Å². The van der Waals surface area contributed by atoms with Gasteiger partial charge in [0, 0.05) is 57.5 Å². The molecule has 0 spiro atoms. The monoisotopic (exact) mass is 502 g/mol. The molecule has 192 valence electrons. The van der Waals surface area contributed by atoms with Gasteiger partial charge in [0.25, 0.3) is 0 Å². The number of aliphatic imine (C=N–C) groups is 1. The van der Waals surface area contributed by atoms with E-state index in [1.165, 1.54) is 38.5 Å². The van der Waals surface area contributed by atoms with Crippen LogP contribution < -0.4 is 5.32 Å². The molecular weight excluding hydrogens is 473 g/mol. The number of hydrogen-bond acceptors (Lipinski definition) is 5. The second kappa shape index (κ2) is 13.2. The zero-order valence-electron chi connectivity index (χ0n) is 20.2. The Hall–Kier alpha value is -3.94. The molecule has 11 heteroatoms. The Morgan fingerprint density at radius 3 is 2.64 bits per heavy atom. The lowest BCUT2D eigenvalue weighted by atomic mass is 10.00. The summed E-state index contributed by atoms with van der Waals surface area (Å²) in [4.78, 5) is 33.7. The van der Waals surface area contributed by atoms with Crippen molar-refractivity contribution >= 4 is 17.6 Å². The second-order valence-electron chi connectivity index (χ2n) is 7.93. The average molecular weight is 503 g/mol. The molecule has 0 aromatic carbocycles. The smallest absolute Gasteiger partial charge is 0.352 e. The van der Waals surface area contributed by atoms with Crippen LogP contribution in [0.2, 0.25) is 0 Å². The molecule has 1 aliphatic heterocycles. The molecule has 2 aromatic heterocycles. The molecule has 0 bridgehead atoms. The summed E-state index contributed by atoms with van der Waals surface area (Å²) in [5, 5.41) is 6.88. The van der Waals surface area contributed by atoms with Crippen molar-refractivity contribution in [1.82, 2.24) is 25.0 Å². The van der Waals surface area contributed by atoms with Crippen molar-refractivity contribution in [3.8, 4) is 24.1 Å². The Morgan fingerprint density at radius 1 is 1.28 bits per heavy atom. The van der Waals surface area contributed by atoms with Gasteiger partial charge in [0.2, 0.25) is 11.8 Å². The van der Waals surface area contributed by atoms with Gasteiger partial charge < -0.3 is 10.2 Å². The molecule has 0 aliphatic carbocycles. The number of aromatic nitrogens is 3. The van der Waals surface area contributed by atoms with E-state index in [4.69, 9.17) is 0 Å². The fourth-order valence-corrected chi connectivity index (χ4v) is 3.79. The fraction of sp³-hybridized carbons (Fsp3) is 0.400. The van der Waals surface area contributed by atoms with E-state index < -0.39 is 11.9 Å². The Morgan fingerprint density at radius 2 is 2.03 bits per heavy atom. The molecule has 0 saturated carbocycles. The highest BCUT2D eigenvalue weighted by molar-refractivity contribution is 5.95. The van der Waals surface area contributed by atoms with Crippen LogP contribution in [-0.4, -0.2) is 64.0 Å². The minimum atomic E-state index is -4.64.